The largest absolute Gasteiger partial charge is 0.497 e. The molecule has 0 atom stereocenters. The maximum Gasteiger partial charge on any atom is 0.233 e. The maximum absolute atomic E-state index is 13.0. The number of amides is 1. The summed E-state index contributed by atoms with van der Waals surface area (Å²) in [6.07, 6.45) is 3.48. The Hall–Kier alpha value is -3.79. The third kappa shape index (κ3) is 3.80. The molecule has 0 spiro atoms. The first-order valence-corrected chi connectivity index (χ1v) is 10.4. The Morgan fingerprint density at radius 1 is 1.09 bits per heavy atom. The van der Waals surface area contributed by atoms with Crippen LogP contribution in [0.15, 0.2) is 36.7 Å². The van der Waals surface area contributed by atoms with Gasteiger partial charge in [0, 0.05) is 36.6 Å². The molecule has 2 aliphatic heterocycles. The molecule has 0 bridgehead atoms. The van der Waals surface area contributed by atoms with Gasteiger partial charge in [0.15, 0.2) is 0 Å². The minimum atomic E-state index is -0.0261. The van der Waals surface area contributed by atoms with Crippen LogP contribution in [0.3, 0.4) is 0 Å². The molecule has 3 aromatic rings. The van der Waals surface area contributed by atoms with Crippen LogP contribution in [0.4, 0.5) is 17.7 Å². The highest BCUT2D eigenvalue weighted by atomic mass is 16.5. The highest BCUT2D eigenvalue weighted by molar-refractivity contribution is 6.02. The molecule has 1 amide bonds. The number of rotatable bonds is 5. The number of benzene rings is 1. The summed E-state index contributed by atoms with van der Waals surface area (Å²) in [4.78, 5) is 34.7. The van der Waals surface area contributed by atoms with Crippen molar-refractivity contribution in [3.8, 4) is 17.0 Å². The van der Waals surface area contributed by atoms with E-state index in [1.165, 1.54) is 0 Å². The third-order valence-electron chi connectivity index (χ3n) is 5.60. The van der Waals surface area contributed by atoms with Gasteiger partial charge in [0.25, 0.3) is 0 Å². The summed E-state index contributed by atoms with van der Waals surface area (Å²) in [5.41, 5.74) is 8.78. The zero-order chi connectivity index (χ0) is 22.1. The molecule has 0 saturated carbocycles. The summed E-state index contributed by atoms with van der Waals surface area (Å²) < 4.78 is 10.7. The molecular formula is C22H23N7O3. The van der Waals surface area contributed by atoms with Crippen LogP contribution >= 0.6 is 0 Å². The van der Waals surface area contributed by atoms with Gasteiger partial charge < -0.3 is 20.1 Å². The lowest BCUT2D eigenvalue weighted by molar-refractivity contribution is -0.117. The summed E-state index contributed by atoms with van der Waals surface area (Å²) in [6, 6.07) is 7.66. The van der Waals surface area contributed by atoms with E-state index in [0.29, 0.717) is 55.9 Å². The first kappa shape index (κ1) is 20.1. The summed E-state index contributed by atoms with van der Waals surface area (Å²) in [7, 11) is 1.63. The van der Waals surface area contributed by atoms with Crippen molar-refractivity contribution in [3.63, 3.8) is 0 Å². The van der Waals surface area contributed by atoms with Crippen molar-refractivity contribution in [1.29, 1.82) is 0 Å². The number of nitrogens with two attached hydrogens (primary N) is 1. The lowest BCUT2D eigenvalue weighted by Crippen LogP contribution is -2.37. The monoisotopic (exact) mass is 433 g/mol. The molecule has 0 radical (unpaired) electrons. The average molecular weight is 433 g/mol. The quantitative estimate of drug-likeness (QED) is 0.637. The van der Waals surface area contributed by atoms with Crippen molar-refractivity contribution in [2.75, 3.05) is 48.9 Å². The summed E-state index contributed by atoms with van der Waals surface area (Å²) in [5.74, 6) is 2.11. The van der Waals surface area contributed by atoms with Crippen LogP contribution in [0.5, 0.6) is 5.75 Å². The summed E-state index contributed by atoms with van der Waals surface area (Å²) >= 11 is 0. The smallest absolute Gasteiger partial charge is 0.233 e. The molecule has 32 heavy (non-hydrogen) atoms. The molecule has 0 unspecified atom stereocenters. The Morgan fingerprint density at radius 2 is 1.81 bits per heavy atom. The molecule has 10 nitrogen and oxygen atoms in total. The van der Waals surface area contributed by atoms with E-state index < -0.39 is 0 Å². The van der Waals surface area contributed by atoms with E-state index in [9.17, 15) is 4.79 Å². The number of carbonyl (C=O) groups is 1. The number of nitrogens with zero attached hydrogens (tertiary/aromatic N) is 6. The molecular weight excluding hydrogens is 410 g/mol. The number of anilines is 3. The van der Waals surface area contributed by atoms with E-state index in [4.69, 9.17) is 25.2 Å². The van der Waals surface area contributed by atoms with Crippen LogP contribution in [0.1, 0.15) is 11.1 Å². The molecule has 4 heterocycles. The molecule has 164 valence electrons. The topological polar surface area (TPSA) is 120 Å². The van der Waals surface area contributed by atoms with Gasteiger partial charge in [0.2, 0.25) is 17.8 Å². The van der Waals surface area contributed by atoms with Crippen molar-refractivity contribution in [2.24, 2.45) is 0 Å². The number of nitrogen functional groups attached to an aromatic ring is 1. The first-order valence-electron chi connectivity index (χ1n) is 10.4. The van der Waals surface area contributed by atoms with Crippen molar-refractivity contribution < 1.29 is 14.3 Å². The number of methoxy groups -OCH3 is 1. The van der Waals surface area contributed by atoms with E-state index >= 15 is 0 Å². The second-order valence-corrected chi connectivity index (χ2v) is 7.61. The minimum absolute atomic E-state index is 0.0261. The molecule has 1 saturated heterocycles. The van der Waals surface area contributed by atoms with E-state index in [2.05, 4.69) is 14.9 Å². The van der Waals surface area contributed by atoms with Gasteiger partial charge in [-0.15, -0.1) is 0 Å². The van der Waals surface area contributed by atoms with Crippen LogP contribution in [-0.4, -0.2) is 59.3 Å². The predicted octanol–water partition coefficient (Wildman–Crippen LogP) is 1.45. The Morgan fingerprint density at radius 3 is 2.50 bits per heavy atom. The third-order valence-corrected chi connectivity index (χ3v) is 5.60. The first-order chi connectivity index (χ1) is 15.6. The molecule has 2 aromatic heterocycles. The highest BCUT2D eigenvalue weighted by Crippen LogP contribution is 2.36. The van der Waals surface area contributed by atoms with E-state index in [0.717, 1.165) is 16.9 Å². The van der Waals surface area contributed by atoms with Gasteiger partial charge in [-0.2, -0.15) is 4.98 Å². The second kappa shape index (κ2) is 8.39. The van der Waals surface area contributed by atoms with Crippen molar-refractivity contribution in [1.82, 2.24) is 19.9 Å². The Bertz CT molecular complexity index is 1130. The van der Waals surface area contributed by atoms with Crippen LogP contribution in [0.2, 0.25) is 0 Å². The molecule has 0 aliphatic carbocycles. The zero-order valence-corrected chi connectivity index (χ0v) is 17.7. The van der Waals surface area contributed by atoms with E-state index in [1.807, 2.05) is 24.3 Å². The summed E-state index contributed by atoms with van der Waals surface area (Å²) in [5, 5.41) is 0. The number of hydrogen-bond acceptors (Lipinski definition) is 9. The molecule has 10 heteroatoms. The molecule has 5 rings (SSSR count). The van der Waals surface area contributed by atoms with Gasteiger partial charge in [-0.25, -0.2) is 15.0 Å². The standard InChI is InChI=1S/C22H23N7O3/c1-31-16-4-2-14(3-5-16)13-29-18(30)10-17-19(15-11-24-21(23)25-12-15)26-22(27-20(17)29)28-6-8-32-9-7-28/h2-5,11-12H,6-10,13H2,1H3,(H2,23,24,25). The number of fused-ring (bicyclic) bond motifs is 1. The number of morpholine rings is 1. The zero-order valence-electron chi connectivity index (χ0n) is 17.7. The normalized spacial score (nSPS) is 15.7. The summed E-state index contributed by atoms with van der Waals surface area (Å²) in [6.45, 7) is 2.99. The molecule has 2 aliphatic rings. The number of hydrogen-bond donors (Lipinski definition) is 1. The fourth-order valence-corrected chi connectivity index (χ4v) is 3.89. The van der Waals surface area contributed by atoms with Gasteiger partial charge in [-0.05, 0) is 17.7 Å². The Balaban J connectivity index is 1.57. The van der Waals surface area contributed by atoms with Gasteiger partial charge in [0.1, 0.15) is 11.6 Å². The highest BCUT2D eigenvalue weighted by Gasteiger charge is 2.34. The van der Waals surface area contributed by atoms with Gasteiger partial charge in [0.05, 0.1) is 39.0 Å². The fraction of sp³-hybridized carbons (Fsp3) is 0.318. The van der Waals surface area contributed by atoms with Crippen molar-refractivity contribution in [3.05, 3.63) is 47.8 Å². The van der Waals surface area contributed by atoms with Gasteiger partial charge >= 0.3 is 0 Å². The lowest BCUT2D eigenvalue weighted by Gasteiger charge is -2.28. The number of ether oxygens (including phenoxy) is 2. The minimum Gasteiger partial charge on any atom is -0.497 e. The molecule has 1 fully saturated rings. The molecule has 2 N–H and O–H groups in total. The van der Waals surface area contributed by atoms with E-state index in [1.54, 1.807) is 24.4 Å². The lowest BCUT2D eigenvalue weighted by atomic mass is 10.1. The van der Waals surface area contributed by atoms with Crippen LogP contribution < -0.4 is 20.3 Å². The van der Waals surface area contributed by atoms with Crippen LogP contribution in [0.25, 0.3) is 11.3 Å². The second-order valence-electron chi connectivity index (χ2n) is 7.61. The molecule has 1 aromatic carbocycles. The fourth-order valence-electron chi connectivity index (χ4n) is 3.89. The Kier molecular flexibility index (Phi) is 5.28. The van der Waals surface area contributed by atoms with Crippen molar-refractivity contribution in [2.45, 2.75) is 13.0 Å². The van der Waals surface area contributed by atoms with Crippen LogP contribution in [0, 0.1) is 0 Å². The van der Waals surface area contributed by atoms with Crippen molar-refractivity contribution >= 4 is 23.6 Å². The SMILES string of the molecule is COc1ccc(CN2C(=O)Cc3c(-c4cnc(N)nc4)nc(N4CCOCC4)nc32)cc1. The number of aromatic nitrogens is 4. The Labute approximate surface area is 185 Å². The number of carbonyl (C=O) groups excluding carboxylic acids is 1. The average Bonchev–Trinajstić information content (AvgIpc) is 3.15. The maximum atomic E-state index is 13.0. The predicted molar refractivity (Wildman–Crippen MR) is 118 cm³/mol. The van der Waals surface area contributed by atoms with Gasteiger partial charge in [-0.3, -0.25) is 9.69 Å². The van der Waals surface area contributed by atoms with Gasteiger partial charge in [-0.1, -0.05) is 12.1 Å². The van der Waals surface area contributed by atoms with Crippen LogP contribution in [-0.2, 0) is 22.5 Å². The van der Waals surface area contributed by atoms with E-state index in [-0.39, 0.29) is 18.3 Å².